The fourth-order valence-electron chi connectivity index (χ4n) is 2.79. The van der Waals surface area contributed by atoms with Crippen LogP contribution in [0.2, 0.25) is 0 Å². The molecule has 0 unspecified atom stereocenters. The molecule has 0 N–H and O–H groups in total. The molecular formula is C20H20IrN-. The predicted octanol–water partition coefficient (Wildman–Crippen LogP) is 5.44. The van der Waals surface area contributed by atoms with Gasteiger partial charge in [-0.05, 0) is 34.0 Å². The Labute approximate surface area is 146 Å². The maximum atomic E-state index is 4.60. The Kier molecular flexibility index (Phi) is 5.16. The smallest absolute Gasteiger partial charge is 0.0167 e. The number of hydrogen-bond donors (Lipinski definition) is 0. The minimum atomic E-state index is 0. The largest absolute Gasteiger partial charge is 0.304 e. The topological polar surface area (TPSA) is 12.9 Å². The van der Waals surface area contributed by atoms with Crippen LogP contribution in [0.1, 0.15) is 36.5 Å². The molecule has 0 saturated heterocycles. The zero-order chi connectivity index (χ0) is 15.0. The maximum absolute atomic E-state index is 4.60. The summed E-state index contributed by atoms with van der Waals surface area (Å²) in [4.78, 5) is 4.60. The number of benzene rings is 2. The van der Waals surface area contributed by atoms with Gasteiger partial charge in [-0.2, -0.15) is 0 Å². The molecule has 1 nitrogen and oxygen atoms in total. The standard InChI is InChI=1S/C20H20N.Ir/c1-13(2)16-5-6-19-17(12-16)7-8-21-20(19)18-10-14(3)9-15(4)11-18;/h5-10,12-13H,1-4H3;/q-1;. The Morgan fingerprint density at radius 1 is 1.00 bits per heavy atom. The third kappa shape index (κ3) is 3.29. The molecule has 0 amide bonds. The van der Waals surface area contributed by atoms with E-state index in [1.165, 1.54) is 21.9 Å². The van der Waals surface area contributed by atoms with Gasteiger partial charge in [0, 0.05) is 26.3 Å². The van der Waals surface area contributed by atoms with Crippen LogP contribution in [0.5, 0.6) is 0 Å². The number of fused-ring (bicyclic) bond motifs is 1. The summed E-state index contributed by atoms with van der Waals surface area (Å²) in [6.07, 6.45) is 1.90. The molecular weight excluding hydrogens is 446 g/mol. The first-order valence-electron chi connectivity index (χ1n) is 7.44. The Balaban J connectivity index is 0.00000176. The van der Waals surface area contributed by atoms with E-state index >= 15 is 0 Å². The molecule has 3 aromatic rings. The van der Waals surface area contributed by atoms with E-state index in [9.17, 15) is 0 Å². The zero-order valence-electron chi connectivity index (χ0n) is 13.4. The van der Waals surface area contributed by atoms with Crippen molar-refractivity contribution in [1.82, 2.24) is 4.98 Å². The number of nitrogens with zero attached hydrogens (tertiary/aromatic N) is 1. The Morgan fingerprint density at radius 3 is 2.45 bits per heavy atom. The number of hydrogen-bond acceptors (Lipinski definition) is 1. The second-order valence-electron chi connectivity index (χ2n) is 6.05. The van der Waals surface area contributed by atoms with Crippen molar-refractivity contribution in [2.75, 3.05) is 0 Å². The summed E-state index contributed by atoms with van der Waals surface area (Å²) in [5.41, 5.74) is 5.87. The van der Waals surface area contributed by atoms with Gasteiger partial charge in [0.25, 0.3) is 0 Å². The molecule has 0 aliphatic heterocycles. The van der Waals surface area contributed by atoms with Crippen molar-refractivity contribution in [3.05, 3.63) is 65.4 Å². The molecule has 0 spiro atoms. The van der Waals surface area contributed by atoms with Crippen molar-refractivity contribution in [1.29, 1.82) is 0 Å². The molecule has 0 aliphatic carbocycles. The fourth-order valence-corrected chi connectivity index (χ4v) is 2.79. The van der Waals surface area contributed by atoms with E-state index in [-0.39, 0.29) is 20.1 Å². The second kappa shape index (κ2) is 6.73. The maximum Gasteiger partial charge on any atom is 0.0167 e. The first kappa shape index (κ1) is 16.9. The summed E-state index contributed by atoms with van der Waals surface area (Å²) in [6, 6.07) is 16.5. The second-order valence-corrected chi connectivity index (χ2v) is 6.05. The van der Waals surface area contributed by atoms with Gasteiger partial charge in [0.15, 0.2) is 0 Å². The van der Waals surface area contributed by atoms with Crippen molar-refractivity contribution in [3.8, 4) is 11.3 Å². The molecule has 2 aromatic carbocycles. The van der Waals surface area contributed by atoms with Crippen LogP contribution in [0, 0.1) is 19.9 Å². The summed E-state index contributed by atoms with van der Waals surface area (Å²) in [7, 11) is 0. The van der Waals surface area contributed by atoms with Gasteiger partial charge in [0.1, 0.15) is 0 Å². The first-order valence-corrected chi connectivity index (χ1v) is 7.44. The van der Waals surface area contributed by atoms with Crippen molar-refractivity contribution >= 4 is 10.8 Å². The van der Waals surface area contributed by atoms with Gasteiger partial charge in [-0.25, -0.2) is 0 Å². The molecule has 0 bridgehead atoms. The minimum Gasteiger partial charge on any atom is -0.304 e. The summed E-state index contributed by atoms with van der Waals surface area (Å²) in [5.74, 6) is 0.541. The summed E-state index contributed by atoms with van der Waals surface area (Å²) >= 11 is 0. The van der Waals surface area contributed by atoms with E-state index < -0.39 is 0 Å². The SMILES string of the molecule is Cc1[c-]c(-c2nccc3cc(C(C)C)ccc23)cc(C)c1.[Ir]. The summed E-state index contributed by atoms with van der Waals surface area (Å²) in [6.45, 7) is 8.65. The molecule has 3 rings (SSSR count). The van der Waals surface area contributed by atoms with E-state index in [1.807, 2.05) is 6.20 Å². The third-order valence-corrected chi connectivity index (χ3v) is 3.86. The van der Waals surface area contributed by atoms with Crippen LogP contribution in [-0.2, 0) is 20.1 Å². The van der Waals surface area contributed by atoms with Gasteiger partial charge >= 0.3 is 0 Å². The van der Waals surface area contributed by atoms with Crippen molar-refractivity contribution < 1.29 is 20.1 Å². The summed E-state index contributed by atoms with van der Waals surface area (Å²) in [5, 5.41) is 2.45. The van der Waals surface area contributed by atoms with Gasteiger partial charge in [0.2, 0.25) is 0 Å². The minimum absolute atomic E-state index is 0. The molecule has 2 heteroatoms. The molecule has 1 aromatic heterocycles. The molecule has 0 saturated carbocycles. The molecule has 0 fully saturated rings. The molecule has 0 aliphatic rings. The summed E-state index contributed by atoms with van der Waals surface area (Å²) < 4.78 is 0. The average molecular weight is 467 g/mol. The molecule has 22 heavy (non-hydrogen) atoms. The van der Waals surface area contributed by atoms with E-state index in [0.717, 1.165) is 16.8 Å². The van der Waals surface area contributed by atoms with Gasteiger partial charge in [0.05, 0.1) is 0 Å². The van der Waals surface area contributed by atoms with Gasteiger partial charge in [-0.15, -0.1) is 34.9 Å². The molecule has 1 radical (unpaired) electrons. The zero-order valence-corrected chi connectivity index (χ0v) is 15.8. The van der Waals surface area contributed by atoms with E-state index in [0.29, 0.717) is 5.92 Å². The van der Waals surface area contributed by atoms with E-state index in [2.05, 4.69) is 75.1 Å². The van der Waals surface area contributed by atoms with Crippen molar-refractivity contribution in [2.45, 2.75) is 33.6 Å². The molecule has 115 valence electrons. The van der Waals surface area contributed by atoms with E-state index in [4.69, 9.17) is 0 Å². The van der Waals surface area contributed by atoms with Crippen LogP contribution in [-0.4, -0.2) is 4.98 Å². The molecule has 0 atom stereocenters. The third-order valence-electron chi connectivity index (χ3n) is 3.86. The quantitative estimate of drug-likeness (QED) is 0.459. The van der Waals surface area contributed by atoms with Crippen LogP contribution < -0.4 is 0 Å². The van der Waals surface area contributed by atoms with Crippen LogP contribution in [0.25, 0.3) is 22.0 Å². The van der Waals surface area contributed by atoms with Crippen molar-refractivity contribution in [2.24, 2.45) is 0 Å². The van der Waals surface area contributed by atoms with E-state index in [1.54, 1.807) is 0 Å². The number of rotatable bonds is 2. The fraction of sp³-hybridized carbons (Fsp3) is 0.250. The first-order chi connectivity index (χ1) is 10.0. The number of aromatic nitrogens is 1. The Hall–Kier alpha value is -1.50. The van der Waals surface area contributed by atoms with Gasteiger partial charge in [-0.1, -0.05) is 45.9 Å². The average Bonchev–Trinajstić information content (AvgIpc) is 2.45. The predicted molar refractivity (Wildman–Crippen MR) is 89.6 cm³/mol. The Morgan fingerprint density at radius 2 is 1.77 bits per heavy atom. The molecule has 1 heterocycles. The van der Waals surface area contributed by atoms with Gasteiger partial charge < -0.3 is 4.98 Å². The van der Waals surface area contributed by atoms with Gasteiger partial charge in [-0.3, -0.25) is 0 Å². The van der Waals surface area contributed by atoms with Crippen LogP contribution in [0.15, 0.2) is 42.6 Å². The van der Waals surface area contributed by atoms with Crippen LogP contribution in [0.3, 0.4) is 0 Å². The normalized spacial score (nSPS) is 10.8. The van der Waals surface area contributed by atoms with Crippen LogP contribution in [0.4, 0.5) is 0 Å². The van der Waals surface area contributed by atoms with Crippen LogP contribution >= 0.6 is 0 Å². The number of aryl methyl sites for hydroxylation is 2. The number of pyridine rings is 1. The Bertz CT molecular complexity index is 786. The van der Waals surface area contributed by atoms with Crippen molar-refractivity contribution in [3.63, 3.8) is 0 Å². The monoisotopic (exact) mass is 467 g/mol.